The van der Waals surface area contributed by atoms with E-state index >= 15 is 0 Å². The summed E-state index contributed by atoms with van der Waals surface area (Å²) < 4.78 is 11.6. The van der Waals surface area contributed by atoms with Crippen LogP contribution in [0, 0.1) is 6.92 Å². The van der Waals surface area contributed by atoms with Crippen molar-refractivity contribution in [1.82, 2.24) is 10.2 Å². The average molecular weight is 429 g/mol. The van der Waals surface area contributed by atoms with E-state index in [1.807, 2.05) is 48.5 Å². The van der Waals surface area contributed by atoms with E-state index in [4.69, 9.17) is 9.47 Å². The van der Waals surface area contributed by atoms with Gasteiger partial charge in [-0.2, -0.15) is 0 Å². The maximum absolute atomic E-state index is 13.6. The Kier molecular flexibility index (Phi) is 5.93. The Hall–Kier alpha value is -3.15. The average Bonchev–Trinajstić information content (AvgIpc) is 2.83. The zero-order valence-electron chi connectivity index (χ0n) is 18.3. The van der Waals surface area contributed by atoms with Gasteiger partial charge in [-0.25, -0.2) is 0 Å². The number of para-hydroxylation sites is 2. The van der Waals surface area contributed by atoms with Crippen LogP contribution < -0.4 is 10.1 Å². The van der Waals surface area contributed by atoms with Crippen molar-refractivity contribution in [3.05, 3.63) is 95.1 Å². The van der Waals surface area contributed by atoms with Gasteiger partial charge in [-0.05, 0) is 24.6 Å². The van der Waals surface area contributed by atoms with Crippen LogP contribution in [0.1, 0.15) is 34.2 Å². The molecule has 1 fully saturated rings. The SMILES string of the molecule is Cc1cccc(C(CNC(=O)C2c3ccccc3Oc3ccccc32)N2CCOCC2)c1. The van der Waals surface area contributed by atoms with Crippen LogP contribution in [-0.4, -0.2) is 43.7 Å². The Morgan fingerprint density at radius 2 is 1.62 bits per heavy atom. The predicted molar refractivity (Wildman–Crippen MR) is 124 cm³/mol. The van der Waals surface area contributed by atoms with Crippen LogP contribution in [0.2, 0.25) is 0 Å². The van der Waals surface area contributed by atoms with Gasteiger partial charge in [-0.15, -0.1) is 0 Å². The van der Waals surface area contributed by atoms with Gasteiger partial charge in [0.1, 0.15) is 11.5 Å². The van der Waals surface area contributed by atoms with E-state index in [-0.39, 0.29) is 17.9 Å². The number of amides is 1. The van der Waals surface area contributed by atoms with Gasteiger partial charge < -0.3 is 14.8 Å². The van der Waals surface area contributed by atoms with Crippen LogP contribution in [-0.2, 0) is 9.53 Å². The molecule has 0 aliphatic carbocycles. The summed E-state index contributed by atoms with van der Waals surface area (Å²) in [5.74, 6) is 1.10. The number of carbonyl (C=O) groups is 1. The first-order valence-corrected chi connectivity index (χ1v) is 11.2. The summed E-state index contributed by atoms with van der Waals surface area (Å²) in [5.41, 5.74) is 4.25. The molecule has 164 valence electrons. The second kappa shape index (κ2) is 9.15. The number of ether oxygens (including phenoxy) is 2. The van der Waals surface area contributed by atoms with Crippen molar-refractivity contribution >= 4 is 5.91 Å². The van der Waals surface area contributed by atoms with Gasteiger partial charge in [-0.1, -0.05) is 66.2 Å². The molecule has 1 unspecified atom stereocenters. The molecule has 0 radical (unpaired) electrons. The number of fused-ring (bicyclic) bond motifs is 2. The van der Waals surface area contributed by atoms with Crippen molar-refractivity contribution in [1.29, 1.82) is 0 Å². The first-order valence-electron chi connectivity index (χ1n) is 11.2. The number of hydrogen-bond donors (Lipinski definition) is 1. The van der Waals surface area contributed by atoms with E-state index in [9.17, 15) is 4.79 Å². The van der Waals surface area contributed by atoms with E-state index in [0.717, 1.165) is 48.9 Å². The smallest absolute Gasteiger partial charge is 0.232 e. The molecular formula is C27H28N2O3. The van der Waals surface area contributed by atoms with Crippen LogP contribution >= 0.6 is 0 Å². The number of carbonyl (C=O) groups excluding carboxylic acids is 1. The predicted octanol–water partition coefficient (Wildman–Crippen LogP) is 4.42. The summed E-state index contributed by atoms with van der Waals surface area (Å²) in [6.45, 7) is 5.81. The molecule has 0 saturated carbocycles. The highest BCUT2D eigenvalue weighted by atomic mass is 16.5. The first-order chi connectivity index (χ1) is 15.7. The van der Waals surface area contributed by atoms with Crippen molar-refractivity contribution in [2.45, 2.75) is 18.9 Å². The van der Waals surface area contributed by atoms with E-state index < -0.39 is 0 Å². The Balaban J connectivity index is 1.41. The summed E-state index contributed by atoms with van der Waals surface area (Å²) in [6.07, 6.45) is 0. The second-order valence-corrected chi connectivity index (χ2v) is 8.43. The molecule has 5 nitrogen and oxygen atoms in total. The maximum Gasteiger partial charge on any atom is 0.232 e. The topological polar surface area (TPSA) is 50.8 Å². The van der Waals surface area contributed by atoms with Gasteiger partial charge in [0.05, 0.1) is 25.2 Å². The highest BCUT2D eigenvalue weighted by Crippen LogP contribution is 2.43. The molecule has 1 amide bonds. The Labute approximate surface area is 189 Å². The van der Waals surface area contributed by atoms with Gasteiger partial charge in [0.25, 0.3) is 0 Å². The highest BCUT2D eigenvalue weighted by Gasteiger charge is 2.33. The second-order valence-electron chi connectivity index (χ2n) is 8.43. The normalized spacial score (nSPS) is 17.0. The monoisotopic (exact) mass is 428 g/mol. The minimum absolute atomic E-state index is 0.000822. The maximum atomic E-state index is 13.6. The van der Waals surface area contributed by atoms with Crippen molar-refractivity contribution < 1.29 is 14.3 Å². The molecule has 2 aliphatic rings. The van der Waals surface area contributed by atoms with Crippen molar-refractivity contribution in [3.8, 4) is 11.5 Å². The van der Waals surface area contributed by atoms with Crippen molar-refractivity contribution in [2.75, 3.05) is 32.8 Å². The lowest BCUT2D eigenvalue weighted by atomic mass is 9.87. The summed E-state index contributed by atoms with van der Waals surface area (Å²) in [7, 11) is 0. The van der Waals surface area contributed by atoms with Gasteiger partial charge in [0.2, 0.25) is 5.91 Å². The zero-order chi connectivity index (χ0) is 21.9. The standard InChI is InChI=1S/C27H28N2O3/c1-19-7-6-8-20(17-19)23(29-13-15-31-16-14-29)18-28-27(30)26-21-9-2-4-11-24(21)32-25-12-5-3-10-22(25)26/h2-12,17,23,26H,13-16,18H2,1H3,(H,28,30). The molecule has 0 bridgehead atoms. The molecule has 5 heteroatoms. The van der Waals surface area contributed by atoms with Gasteiger partial charge >= 0.3 is 0 Å². The van der Waals surface area contributed by atoms with Crippen LogP contribution in [0.4, 0.5) is 0 Å². The molecule has 0 spiro atoms. The lowest BCUT2D eigenvalue weighted by molar-refractivity contribution is -0.122. The summed E-state index contributed by atoms with van der Waals surface area (Å²) in [5, 5.41) is 3.27. The van der Waals surface area contributed by atoms with Crippen molar-refractivity contribution in [3.63, 3.8) is 0 Å². The third-order valence-corrected chi connectivity index (χ3v) is 6.33. The minimum atomic E-state index is -0.390. The molecule has 32 heavy (non-hydrogen) atoms. The van der Waals surface area contributed by atoms with Crippen LogP contribution in [0.5, 0.6) is 11.5 Å². The number of hydrogen-bond acceptors (Lipinski definition) is 4. The number of rotatable bonds is 5. The largest absolute Gasteiger partial charge is 0.457 e. The molecular weight excluding hydrogens is 400 g/mol. The molecule has 0 aromatic heterocycles. The van der Waals surface area contributed by atoms with E-state index in [0.29, 0.717) is 6.54 Å². The molecule has 2 heterocycles. The molecule has 3 aromatic carbocycles. The number of benzene rings is 3. The van der Waals surface area contributed by atoms with Gasteiger partial charge in [0, 0.05) is 30.8 Å². The number of nitrogens with one attached hydrogen (secondary N) is 1. The molecule has 1 saturated heterocycles. The highest BCUT2D eigenvalue weighted by molar-refractivity contribution is 5.89. The third-order valence-electron chi connectivity index (χ3n) is 6.33. The number of nitrogens with zero attached hydrogens (tertiary/aromatic N) is 1. The molecule has 5 rings (SSSR count). The Morgan fingerprint density at radius 1 is 0.969 bits per heavy atom. The molecule has 1 atom stereocenters. The van der Waals surface area contributed by atoms with Crippen LogP contribution in [0.25, 0.3) is 0 Å². The van der Waals surface area contributed by atoms with E-state index in [1.54, 1.807) is 0 Å². The van der Waals surface area contributed by atoms with Gasteiger partial charge in [0.15, 0.2) is 0 Å². The van der Waals surface area contributed by atoms with Gasteiger partial charge in [-0.3, -0.25) is 9.69 Å². The fourth-order valence-corrected chi connectivity index (χ4v) is 4.72. The summed E-state index contributed by atoms with van der Waals surface area (Å²) in [4.78, 5) is 16.0. The number of morpholine rings is 1. The Bertz CT molecular complexity index is 1060. The van der Waals surface area contributed by atoms with Crippen LogP contribution in [0.3, 0.4) is 0 Å². The number of aryl methyl sites for hydroxylation is 1. The minimum Gasteiger partial charge on any atom is -0.457 e. The zero-order valence-corrected chi connectivity index (χ0v) is 18.3. The van der Waals surface area contributed by atoms with Crippen LogP contribution in [0.15, 0.2) is 72.8 Å². The van der Waals surface area contributed by atoms with E-state index in [2.05, 4.69) is 41.4 Å². The quantitative estimate of drug-likeness (QED) is 0.654. The fourth-order valence-electron chi connectivity index (χ4n) is 4.72. The lowest BCUT2D eigenvalue weighted by Gasteiger charge is -2.35. The Morgan fingerprint density at radius 3 is 2.28 bits per heavy atom. The molecule has 2 aliphatic heterocycles. The van der Waals surface area contributed by atoms with Crippen molar-refractivity contribution in [2.24, 2.45) is 0 Å². The van der Waals surface area contributed by atoms with E-state index in [1.165, 1.54) is 11.1 Å². The molecule has 1 N–H and O–H groups in total. The lowest BCUT2D eigenvalue weighted by Crippen LogP contribution is -2.44. The fraction of sp³-hybridized carbons (Fsp3) is 0.296. The third kappa shape index (κ3) is 4.14. The summed E-state index contributed by atoms with van der Waals surface area (Å²) in [6, 6.07) is 24.3. The molecule has 3 aromatic rings. The first kappa shape index (κ1) is 20.7. The summed E-state index contributed by atoms with van der Waals surface area (Å²) >= 11 is 0.